The van der Waals surface area contributed by atoms with E-state index in [1.165, 1.54) is 6.08 Å². The number of carbonyl (C=O) groups is 3. The Balaban J connectivity index is 2.55. The third-order valence-corrected chi connectivity index (χ3v) is 2.40. The first-order valence-corrected chi connectivity index (χ1v) is 5.49. The quantitative estimate of drug-likeness (QED) is 0.422. The molecule has 0 unspecified atom stereocenters. The largest absolute Gasteiger partial charge is 0.356 e. The molecule has 1 aliphatic heterocycles. The van der Waals surface area contributed by atoms with Gasteiger partial charge in [0.2, 0.25) is 0 Å². The molecule has 0 radical (unpaired) electrons. The maximum absolute atomic E-state index is 11.3. The molecule has 5 heteroatoms. The van der Waals surface area contributed by atoms with Gasteiger partial charge < -0.3 is 4.84 Å². The van der Waals surface area contributed by atoms with E-state index in [0.29, 0.717) is 5.06 Å². The Morgan fingerprint density at radius 1 is 1.29 bits per heavy atom. The zero-order valence-electron chi connectivity index (χ0n) is 9.93. The third kappa shape index (κ3) is 3.55. The average molecular weight is 237 g/mol. The monoisotopic (exact) mass is 237 g/mol. The van der Waals surface area contributed by atoms with Crippen LogP contribution in [0.3, 0.4) is 0 Å². The Bertz CT molecular complexity index is 379. The van der Waals surface area contributed by atoms with Crippen molar-refractivity contribution in [3.8, 4) is 0 Å². The molecule has 0 aromatic heterocycles. The summed E-state index contributed by atoms with van der Waals surface area (Å²) in [7, 11) is 0. The molecule has 0 atom stereocenters. The molecule has 92 valence electrons. The molecule has 1 fully saturated rings. The second-order valence-electron chi connectivity index (χ2n) is 3.54. The maximum Gasteiger partial charge on any atom is 0.356 e. The van der Waals surface area contributed by atoms with Crippen molar-refractivity contribution in [2.45, 2.75) is 33.1 Å². The smallest absolute Gasteiger partial charge is 0.326 e. The Hall–Kier alpha value is -1.91. The average Bonchev–Trinajstić information content (AvgIpc) is 2.62. The van der Waals surface area contributed by atoms with Crippen LogP contribution in [0.2, 0.25) is 0 Å². The van der Waals surface area contributed by atoms with E-state index in [1.807, 2.05) is 19.9 Å². The fourth-order valence-electron chi connectivity index (χ4n) is 1.37. The molecule has 5 nitrogen and oxygen atoms in total. The fraction of sp³-hybridized carbons (Fsp3) is 0.417. The second kappa shape index (κ2) is 5.98. The van der Waals surface area contributed by atoms with Gasteiger partial charge in [-0.25, -0.2) is 4.79 Å². The van der Waals surface area contributed by atoms with Crippen LogP contribution in [0.5, 0.6) is 0 Å². The molecule has 0 bridgehead atoms. The van der Waals surface area contributed by atoms with Gasteiger partial charge in [-0.05, 0) is 13.3 Å². The van der Waals surface area contributed by atoms with Gasteiger partial charge in [0.1, 0.15) is 0 Å². The highest BCUT2D eigenvalue weighted by atomic mass is 16.7. The number of nitrogens with zero attached hydrogens (tertiary/aromatic N) is 1. The second-order valence-corrected chi connectivity index (χ2v) is 3.54. The molecular weight excluding hydrogens is 222 g/mol. The Labute approximate surface area is 99.7 Å². The van der Waals surface area contributed by atoms with E-state index in [9.17, 15) is 14.4 Å². The highest BCUT2D eigenvalue weighted by Gasteiger charge is 2.32. The topological polar surface area (TPSA) is 63.7 Å². The van der Waals surface area contributed by atoms with Crippen LogP contribution in [0, 0.1) is 0 Å². The molecule has 0 aromatic carbocycles. The van der Waals surface area contributed by atoms with Crippen LogP contribution in [0.15, 0.2) is 23.8 Å². The van der Waals surface area contributed by atoms with Crippen molar-refractivity contribution in [3.05, 3.63) is 23.8 Å². The van der Waals surface area contributed by atoms with E-state index >= 15 is 0 Å². The van der Waals surface area contributed by atoms with Crippen LogP contribution in [0.1, 0.15) is 33.1 Å². The SMILES string of the molecule is CC=C(C=CC(=O)ON1C(=O)CCC1=O)CC. The number of hydrogen-bond donors (Lipinski definition) is 0. The first-order valence-electron chi connectivity index (χ1n) is 5.49. The lowest BCUT2D eigenvalue weighted by molar-refractivity contribution is -0.193. The van der Waals surface area contributed by atoms with Crippen molar-refractivity contribution >= 4 is 17.8 Å². The van der Waals surface area contributed by atoms with Gasteiger partial charge in [-0.3, -0.25) is 9.59 Å². The molecule has 0 aromatic rings. The summed E-state index contributed by atoms with van der Waals surface area (Å²) in [4.78, 5) is 38.3. The van der Waals surface area contributed by atoms with Gasteiger partial charge in [-0.15, -0.1) is 5.06 Å². The van der Waals surface area contributed by atoms with E-state index in [-0.39, 0.29) is 12.8 Å². The van der Waals surface area contributed by atoms with Crippen molar-refractivity contribution in [2.75, 3.05) is 0 Å². The number of hydroxylamine groups is 2. The van der Waals surface area contributed by atoms with Crippen molar-refractivity contribution < 1.29 is 19.2 Å². The number of imide groups is 1. The van der Waals surface area contributed by atoms with Gasteiger partial charge in [-0.2, -0.15) is 0 Å². The normalized spacial score (nSPS) is 17.1. The molecule has 17 heavy (non-hydrogen) atoms. The fourth-order valence-corrected chi connectivity index (χ4v) is 1.37. The maximum atomic E-state index is 11.3. The number of rotatable bonds is 4. The number of hydrogen-bond acceptors (Lipinski definition) is 4. The van der Waals surface area contributed by atoms with E-state index in [1.54, 1.807) is 6.08 Å². The van der Waals surface area contributed by atoms with Gasteiger partial charge in [0.25, 0.3) is 11.8 Å². The third-order valence-electron chi connectivity index (χ3n) is 2.40. The number of allylic oxidation sites excluding steroid dienone is 3. The molecule has 1 rings (SSSR count). The van der Waals surface area contributed by atoms with Crippen LogP contribution in [0.25, 0.3) is 0 Å². The van der Waals surface area contributed by atoms with Crippen molar-refractivity contribution in [1.82, 2.24) is 5.06 Å². The van der Waals surface area contributed by atoms with Gasteiger partial charge in [0.15, 0.2) is 0 Å². The van der Waals surface area contributed by atoms with Crippen molar-refractivity contribution in [2.24, 2.45) is 0 Å². The molecule has 1 heterocycles. The summed E-state index contributed by atoms with van der Waals surface area (Å²) in [6, 6.07) is 0. The molecule has 0 saturated carbocycles. The van der Waals surface area contributed by atoms with Crippen molar-refractivity contribution in [1.29, 1.82) is 0 Å². The molecule has 1 saturated heterocycles. The summed E-state index contributed by atoms with van der Waals surface area (Å²) in [5, 5.41) is 0.536. The van der Waals surface area contributed by atoms with E-state index in [2.05, 4.69) is 4.84 Å². The summed E-state index contributed by atoms with van der Waals surface area (Å²) in [6.45, 7) is 3.82. The van der Waals surface area contributed by atoms with Gasteiger partial charge >= 0.3 is 5.97 Å². The minimum Gasteiger partial charge on any atom is -0.326 e. The number of amides is 2. The highest BCUT2D eigenvalue weighted by molar-refractivity contribution is 6.02. The summed E-state index contributed by atoms with van der Waals surface area (Å²) >= 11 is 0. The predicted molar refractivity (Wildman–Crippen MR) is 60.4 cm³/mol. The summed E-state index contributed by atoms with van der Waals surface area (Å²) < 4.78 is 0. The molecule has 1 aliphatic rings. The zero-order valence-corrected chi connectivity index (χ0v) is 9.93. The number of carbonyl (C=O) groups excluding carboxylic acids is 3. The van der Waals surface area contributed by atoms with Crippen LogP contribution >= 0.6 is 0 Å². The van der Waals surface area contributed by atoms with Crippen LogP contribution in [-0.4, -0.2) is 22.8 Å². The van der Waals surface area contributed by atoms with Crippen LogP contribution < -0.4 is 0 Å². The molecule has 0 N–H and O–H groups in total. The Morgan fingerprint density at radius 3 is 2.35 bits per heavy atom. The molecule has 0 spiro atoms. The first kappa shape index (κ1) is 13.2. The lowest BCUT2D eigenvalue weighted by atomic mass is 10.2. The minimum atomic E-state index is -0.721. The van der Waals surface area contributed by atoms with Crippen LogP contribution in [-0.2, 0) is 19.2 Å². The molecular formula is C12H15NO4. The lowest BCUT2D eigenvalue weighted by Crippen LogP contribution is -2.31. The van der Waals surface area contributed by atoms with Crippen molar-refractivity contribution in [3.63, 3.8) is 0 Å². The summed E-state index contributed by atoms with van der Waals surface area (Å²) in [5.41, 5.74) is 0.973. The van der Waals surface area contributed by atoms with Crippen LogP contribution in [0.4, 0.5) is 0 Å². The predicted octanol–water partition coefficient (Wildman–Crippen LogP) is 1.51. The standard InChI is InChI=1S/C12H15NO4/c1-3-9(4-2)5-8-12(16)17-13-10(14)6-7-11(13)15/h3,5,8H,4,6-7H2,1-2H3. The Kier molecular flexibility index (Phi) is 4.63. The Morgan fingerprint density at radius 2 is 1.88 bits per heavy atom. The zero-order chi connectivity index (χ0) is 12.8. The first-order chi connectivity index (χ1) is 8.08. The van der Waals surface area contributed by atoms with E-state index in [0.717, 1.165) is 12.0 Å². The molecule has 2 amide bonds. The summed E-state index contributed by atoms with van der Waals surface area (Å²) in [6.07, 6.45) is 5.68. The van der Waals surface area contributed by atoms with Gasteiger partial charge in [-0.1, -0.05) is 24.6 Å². The van der Waals surface area contributed by atoms with E-state index < -0.39 is 17.8 Å². The summed E-state index contributed by atoms with van der Waals surface area (Å²) in [5.74, 6) is -1.67. The minimum absolute atomic E-state index is 0.102. The lowest BCUT2D eigenvalue weighted by Gasteiger charge is -2.10. The molecule has 0 aliphatic carbocycles. The highest BCUT2D eigenvalue weighted by Crippen LogP contribution is 2.12. The van der Waals surface area contributed by atoms with E-state index in [4.69, 9.17) is 0 Å². The van der Waals surface area contributed by atoms with Gasteiger partial charge in [0.05, 0.1) is 0 Å². The van der Waals surface area contributed by atoms with Gasteiger partial charge in [0, 0.05) is 18.9 Å².